The molecule has 0 unspecified atom stereocenters. The van der Waals surface area contributed by atoms with Crippen LogP contribution in [0.15, 0.2) is 0 Å². The predicted molar refractivity (Wildman–Crippen MR) is 11.9 cm³/mol. The Kier molecular flexibility index (Phi) is 24.1. The molecule has 0 atom stereocenters. The standard InChI is InChI=1S/2CN.2Hg.O/c2*1-2;;;. The number of hydrogen-bond donors (Lipinski definition) is 0. The van der Waals surface area contributed by atoms with Crippen LogP contribution >= 0.6 is 0 Å². The molecule has 0 bridgehead atoms. The van der Waals surface area contributed by atoms with Gasteiger partial charge in [-0.25, -0.2) is 0 Å². The van der Waals surface area contributed by atoms with Crippen molar-refractivity contribution in [3.63, 3.8) is 0 Å². The molecule has 0 aromatic rings. The Hall–Kier alpha value is 0.650. The van der Waals surface area contributed by atoms with Crippen molar-refractivity contribution in [3.05, 3.63) is 0 Å². The van der Waals surface area contributed by atoms with Crippen LogP contribution in [0.4, 0.5) is 0 Å². The van der Waals surface area contributed by atoms with Gasteiger partial charge in [0.25, 0.3) is 0 Å². The predicted octanol–water partition coefficient (Wildman–Crippen LogP) is -0.0902. The van der Waals surface area contributed by atoms with E-state index in [0.717, 1.165) is 0 Å². The molecule has 0 aromatic heterocycles. The van der Waals surface area contributed by atoms with Gasteiger partial charge in [-0.3, -0.25) is 0 Å². The van der Waals surface area contributed by atoms with Crippen LogP contribution in [0, 0.1) is 17.7 Å². The van der Waals surface area contributed by atoms with Crippen LogP contribution in [-0.4, -0.2) is 0 Å². The minimum atomic E-state index is -1.53. The average molecular weight is 469 g/mol. The van der Waals surface area contributed by atoms with E-state index >= 15 is 0 Å². The monoisotopic (exact) mass is 472 g/mol. The molecule has 28 valence electrons. The summed E-state index contributed by atoms with van der Waals surface area (Å²) in [6.45, 7) is 0. The Balaban J connectivity index is 0. The third-order valence-corrected chi connectivity index (χ3v) is 1.39. The van der Waals surface area contributed by atoms with Gasteiger partial charge in [-0.05, 0) is 0 Å². The van der Waals surface area contributed by atoms with Crippen LogP contribution in [0.2, 0.25) is 0 Å². The molecule has 5 heteroatoms. The Morgan fingerprint density at radius 2 is 1.57 bits per heavy atom. The molecule has 3 nitrogen and oxygen atoms in total. The van der Waals surface area contributed by atoms with Crippen molar-refractivity contribution in [2.24, 2.45) is 0 Å². The van der Waals surface area contributed by atoms with Gasteiger partial charge in [-0.15, -0.1) is 0 Å². The van der Waals surface area contributed by atoms with E-state index in [9.17, 15) is 0 Å². The summed E-state index contributed by atoms with van der Waals surface area (Å²) in [4.78, 5) is 0. The molecular weight excluding hydrogens is 469 g/mol. The van der Waals surface area contributed by atoms with Crippen molar-refractivity contribution in [3.8, 4) is 7.16 Å². The Labute approximate surface area is 70.2 Å². The number of nitrogens with zero attached hydrogens (tertiary/aromatic N) is 2. The van der Waals surface area contributed by atoms with Crippen molar-refractivity contribution in [2.75, 3.05) is 0 Å². The van der Waals surface area contributed by atoms with E-state index in [2.05, 4.69) is 0 Å². The summed E-state index contributed by atoms with van der Waals surface area (Å²) in [5.41, 5.74) is 0. The quantitative estimate of drug-likeness (QED) is 0.466. The molecule has 0 N–H and O–H groups in total. The van der Waals surface area contributed by atoms with Gasteiger partial charge in [0.2, 0.25) is 0 Å². The van der Waals surface area contributed by atoms with Crippen LogP contribution in [-0.2, 0) is 53.4 Å². The van der Waals surface area contributed by atoms with E-state index in [1.165, 1.54) is 0 Å². The van der Waals surface area contributed by atoms with Gasteiger partial charge in [0.1, 0.15) is 0 Å². The fraction of sp³-hybridized carbons (Fsp3) is 0. The molecule has 0 radical (unpaired) electrons. The van der Waals surface area contributed by atoms with E-state index in [1.807, 2.05) is 7.16 Å². The van der Waals surface area contributed by atoms with E-state index in [-0.39, 0.29) is 26.1 Å². The van der Waals surface area contributed by atoms with E-state index < -0.39 is 24.6 Å². The summed E-state index contributed by atoms with van der Waals surface area (Å²) in [5, 5.41) is 15.4. The van der Waals surface area contributed by atoms with Gasteiger partial charge >= 0.3 is 71.0 Å². The van der Waals surface area contributed by atoms with Gasteiger partial charge in [0.05, 0.1) is 0 Å². The summed E-state index contributed by atoms with van der Waals surface area (Å²) < 4.78 is 12.2. The molecule has 0 aromatic carbocycles. The molecule has 0 saturated carbocycles. The Morgan fingerprint density at radius 3 is 1.57 bits per heavy atom. The first-order valence-corrected chi connectivity index (χ1v) is 9.19. The van der Waals surface area contributed by atoms with Gasteiger partial charge < -0.3 is 0 Å². The van der Waals surface area contributed by atoms with Gasteiger partial charge in [-0.1, -0.05) is 0 Å². The number of hydrogen-bond acceptors (Lipinski definition) is 3. The molecule has 0 heterocycles. The van der Waals surface area contributed by atoms with Crippen LogP contribution in [0.1, 0.15) is 0 Å². The second-order valence-electron chi connectivity index (χ2n) is 0.493. The van der Waals surface area contributed by atoms with Crippen molar-refractivity contribution < 1.29 is 53.4 Å². The van der Waals surface area contributed by atoms with Crippen LogP contribution in [0.5, 0.6) is 0 Å². The molecule has 0 spiro atoms. The first kappa shape index (κ1) is 10.6. The molecule has 0 aliphatic rings. The zero-order chi connectivity index (χ0) is 6.12. The fourth-order valence-electron chi connectivity index (χ4n) is 0.0354. The molecule has 0 aliphatic carbocycles. The third-order valence-electron chi connectivity index (χ3n) is 0.158. The second kappa shape index (κ2) is 15.9. The SMILES string of the molecule is N#[C][Hg][C]#N.[O]=[Hg]. The molecule has 0 rings (SSSR count). The normalized spacial score (nSPS) is 2.86. The van der Waals surface area contributed by atoms with E-state index in [1.54, 1.807) is 0 Å². The summed E-state index contributed by atoms with van der Waals surface area (Å²) in [5.74, 6) is 0. The summed E-state index contributed by atoms with van der Waals surface area (Å²) in [7, 11) is 0. The van der Waals surface area contributed by atoms with E-state index in [4.69, 9.17) is 13.2 Å². The first-order chi connectivity index (χ1) is 3.41. The first-order valence-electron chi connectivity index (χ1n) is 1.44. The average Bonchev–Trinajstić information content (AvgIpc) is 1.75. The van der Waals surface area contributed by atoms with Crippen molar-refractivity contribution in [1.82, 2.24) is 0 Å². The third kappa shape index (κ3) is 20.5. The van der Waals surface area contributed by atoms with E-state index in [0.29, 0.717) is 0 Å². The number of rotatable bonds is 0. The van der Waals surface area contributed by atoms with Gasteiger partial charge in [-0.2, -0.15) is 0 Å². The van der Waals surface area contributed by atoms with Crippen molar-refractivity contribution >= 4 is 0 Å². The van der Waals surface area contributed by atoms with Gasteiger partial charge in [0.15, 0.2) is 0 Å². The molecule has 0 aliphatic heterocycles. The van der Waals surface area contributed by atoms with Crippen LogP contribution in [0.25, 0.3) is 0 Å². The van der Waals surface area contributed by atoms with Crippen LogP contribution in [0.3, 0.4) is 0 Å². The summed E-state index contributed by atoms with van der Waals surface area (Å²) in [6.07, 6.45) is 0. The maximum atomic E-state index is 8.44. The zero-order valence-electron chi connectivity index (χ0n) is 3.72. The number of nitriles is 2. The Morgan fingerprint density at radius 1 is 1.29 bits per heavy atom. The zero-order valence-corrected chi connectivity index (χ0v) is 14.7. The minimum absolute atomic E-state index is 0.222. The molecule has 0 amide bonds. The maximum absolute atomic E-state index is 8.44. The summed E-state index contributed by atoms with van der Waals surface area (Å²) >= 11 is -1.75. The van der Waals surface area contributed by atoms with Crippen molar-refractivity contribution in [1.29, 1.82) is 10.5 Å². The molecule has 0 saturated heterocycles. The molecule has 0 fully saturated rings. The molecule has 7 heavy (non-hydrogen) atoms. The topological polar surface area (TPSA) is 64.7 Å². The van der Waals surface area contributed by atoms with Gasteiger partial charge in [0, 0.05) is 0 Å². The van der Waals surface area contributed by atoms with Crippen molar-refractivity contribution in [2.45, 2.75) is 0 Å². The van der Waals surface area contributed by atoms with Crippen LogP contribution < -0.4 is 0 Å². The summed E-state index contributed by atoms with van der Waals surface area (Å²) in [6, 6.07) is 0. The molecular formula is C2Hg2N2O. The second-order valence-corrected chi connectivity index (χ2v) is 4.33. The Bertz CT molecular complexity index is 89.2. The fourth-order valence-corrected chi connectivity index (χ4v) is 0.310.